The fraction of sp³-hybridized carbons (Fsp3) is 0.100. The van der Waals surface area contributed by atoms with Crippen LogP contribution in [-0.4, -0.2) is 16.7 Å². The summed E-state index contributed by atoms with van der Waals surface area (Å²) in [7, 11) is 0. The van der Waals surface area contributed by atoms with Gasteiger partial charge >= 0.3 is 5.91 Å². The lowest BCUT2D eigenvalue weighted by Gasteiger charge is -2.21. The van der Waals surface area contributed by atoms with E-state index in [0.29, 0.717) is 5.90 Å². The first-order valence-corrected chi connectivity index (χ1v) is 8.52. The number of hydrogen-bond donors (Lipinski definition) is 0. The van der Waals surface area contributed by atoms with Gasteiger partial charge in [-0.15, -0.1) is 0 Å². The van der Waals surface area contributed by atoms with Crippen LogP contribution >= 0.6 is 11.8 Å². The van der Waals surface area contributed by atoms with Gasteiger partial charge in [0.2, 0.25) is 10.8 Å². The van der Waals surface area contributed by atoms with Gasteiger partial charge in [0.1, 0.15) is 0 Å². The molecule has 3 aromatic rings. The van der Waals surface area contributed by atoms with Crippen LogP contribution in [0.4, 0.5) is 0 Å². The molecule has 3 aromatic carbocycles. The molecule has 0 bridgehead atoms. The van der Waals surface area contributed by atoms with E-state index >= 15 is 0 Å². The highest BCUT2D eigenvalue weighted by Gasteiger charge is 2.43. The number of carbonyl (C=O) groups excluding carboxylic acids is 1. The highest BCUT2D eigenvalue weighted by Crippen LogP contribution is 2.39. The van der Waals surface area contributed by atoms with Gasteiger partial charge in [0.05, 0.1) is 0 Å². The van der Waals surface area contributed by atoms with Crippen LogP contribution in [0.2, 0.25) is 0 Å². The lowest BCUT2D eigenvalue weighted by molar-refractivity contribution is -0.123. The quantitative estimate of drug-likeness (QED) is 0.700. The molecule has 1 heterocycles. The normalized spacial score (nSPS) is 20.0. The number of fused-ring (bicyclic) bond motifs is 1. The van der Waals surface area contributed by atoms with Gasteiger partial charge in [-0.05, 0) is 35.9 Å². The number of hydrogen-bond acceptors (Lipinski definition) is 3. The summed E-state index contributed by atoms with van der Waals surface area (Å²) >= 11 is 1.38. The first-order valence-electron chi connectivity index (χ1n) is 7.70. The molecule has 0 spiro atoms. The molecule has 24 heavy (non-hydrogen) atoms. The minimum absolute atomic E-state index is 0.265. The lowest BCUT2D eigenvalue weighted by Crippen LogP contribution is -2.29. The Morgan fingerprint density at radius 3 is 2.46 bits per heavy atom. The van der Waals surface area contributed by atoms with Crippen molar-refractivity contribution in [2.45, 2.75) is 16.8 Å². The Balaban J connectivity index is 1.69. The number of carbonyl (C=O) groups is 1. The summed E-state index contributed by atoms with van der Waals surface area (Å²) in [5, 5.41) is 2.12. The van der Waals surface area contributed by atoms with Gasteiger partial charge in [-0.3, -0.25) is 4.79 Å². The Bertz CT molecular complexity index is 947. The van der Waals surface area contributed by atoms with E-state index in [9.17, 15) is 4.79 Å². The van der Waals surface area contributed by atoms with Gasteiger partial charge in [0.15, 0.2) is 0 Å². The minimum Gasteiger partial charge on any atom is -0.449 e. The molecule has 118 valence electrons. The largest absolute Gasteiger partial charge is 0.449 e. The fourth-order valence-electron chi connectivity index (χ4n) is 2.75. The molecule has 1 aliphatic rings. The minimum atomic E-state index is -1.03. The van der Waals surface area contributed by atoms with E-state index in [-0.39, 0.29) is 5.91 Å². The van der Waals surface area contributed by atoms with Crippen molar-refractivity contribution in [2.24, 2.45) is 4.99 Å². The van der Waals surface area contributed by atoms with E-state index in [2.05, 4.69) is 4.99 Å². The van der Waals surface area contributed by atoms with Crippen LogP contribution < -0.4 is 0 Å². The standard InChI is InChI=1S/C20H15NO2S/c1-20(24-15-10-3-2-4-11-15)19(22)21-18(23-20)17-13-7-9-14-8-5-6-12-16(14)17/h2-13H,1H3/t20-/m0/s1. The number of rotatable bonds is 3. The van der Waals surface area contributed by atoms with E-state index in [1.54, 1.807) is 6.92 Å². The van der Waals surface area contributed by atoms with Crippen LogP contribution in [0.5, 0.6) is 0 Å². The average molecular weight is 333 g/mol. The molecule has 3 nitrogen and oxygen atoms in total. The Morgan fingerprint density at radius 1 is 0.917 bits per heavy atom. The number of thioether (sulfide) groups is 1. The number of aliphatic imine (C=N–C) groups is 1. The molecule has 0 radical (unpaired) electrons. The van der Waals surface area contributed by atoms with Crippen molar-refractivity contribution in [1.82, 2.24) is 0 Å². The maximum Gasteiger partial charge on any atom is 0.303 e. The molecule has 1 atom stereocenters. The third-order valence-corrected chi connectivity index (χ3v) is 5.11. The van der Waals surface area contributed by atoms with Crippen LogP contribution in [0.3, 0.4) is 0 Å². The monoisotopic (exact) mass is 333 g/mol. The van der Waals surface area contributed by atoms with E-state index in [0.717, 1.165) is 21.2 Å². The van der Waals surface area contributed by atoms with Crippen molar-refractivity contribution in [3.05, 3.63) is 78.4 Å². The highest BCUT2D eigenvalue weighted by atomic mass is 32.2. The maximum atomic E-state index is 12.5. The molecule has 0 fully saturated rings. The zero-order chi connectivity index (χ0) is 16.6. The van der Waals surface area contributed by atoms with Crippen LogP contribution in [0.1, 0.15) is 12.5 Å². The van der Waals surface area contributed by atoms with Crippen molar-refractivity contribution in [2.75, 3.05) is 0 Å². The van der Waals surface area contributed by atoms with Crippen LogP contribution in [-0.2, 0) is 9.53 Å². The molecule has 1 aliphatic heterocycles. The molecule has 4 heteroatoms. The third kappa shape index (κ3) is 2.59. The smallest absolute Gasteiger partial charge is 0.303 e. The molecular formula is C20H15NO2S. The SMILES string of the molecule is C[C@@]1(Sc2ccccc2)OC(c2cccc3ccccc23)=NC1=O. The molecule has 1 amide bonds. The fourth-order valence-corrected chi connectivity index (χ4v) is 3.75. The van der Waals surface area contributed by atoms with E-state index in [1.807, 2.05) is 72.8 Å². The molecule has 0 N–H and O–H groups in total. The Kier molecular flexibility index (Phi) is 3.62. The van der Waals surface area contributed by atoms with Crippen molar-refractivity contribution in [3.8, 4) is 0 Å². The maximum absolute atomic E-state index is 12.5. The van der Waals surface area contributed by atoms with Gasteiger partial charge < -0.3 is 4.74 Å². The predicted molar refractivity (Wildman–Crippen MR) is 97.3 cm³/mol. The molecule has 0 saturated heterocycles. The number of amides is 1. The summed E-state index contributed by atoms with van der Waals surface area (Å²) in [6.45, 7) is 1.77. The van der Waals surface area contributed by atoms with Crippen molar-refractivity contribution < 1.29 is 9.53 Å². The van der Waals surface area contributed by atoms with Crippen molar-refractivity contribution in [1.29, 1.82) is 0 Å². The Labute approximate surface area is 144 Å². The van der Waals surface area contributed by atoms with E-state index < -0.39 is 4.93 Å². The molecule has 4 rings (SSSR count). The topological polar surface area (TPSA) is 38.7 Å². The number of benzene rings is 3. The summed E-state index contributed by atoms with van der Waals surface area (Å²) < 4.78 is 6.02. The van der Waals surface area contributed by atoms with Crippen LogP contribution in [0.15, 0.2) is 82.7 Å². The van der Waals surface area contributed by atoms with Crippen molar-refractivity contribution >= 4 is 34.3 Å². The second-order valence-corrected chi connectivity index (χ2v) is 7.17. The first kappa shape index (κ1) is 15.0. The van der Waals surface area contributed by atoms with Gasteiger partial charge in [0.25, 0.3) is 0 Å². The van der Waals surface area contributed by atoms with Gasteiger partial charge in [-0.1, -0.05) is 66.4 Å². The molecule has 0 aliphatic carbocycles. The average Bonchev–Trinajstić information content (AvgIpc) is 2.90. The van der Waals surface area contributed by atoms with Crippen molar-refractivity contribution in [3.63, 3.8) is 0 Å². The lowest BCUT2D eigenvalue weighted by atomic mass is 10.0. The van der Waals surface area contributed by atoms with Crippen LogP contribution in [0, 0.1) is 0 Å². The predicted octanol–water partition coefficient (Wildman–Crippen LogP) is 4.65. The van der Waals surface area contributed by atoms with Crippen LogP contribution in [0.25, 0.3) is 10.8 Å². The zero-order valence-electron chi connectivity index (χ0n) is 13.1. The molecular weight excluding hydrogens is 318 g/mol. The molecule has 0 saturated carbocycles. The van der Waals surface area contributed by atoms with Gasteiger partial charge in [0, 0.05) is 10.5 Å². The Morgan fingerprint density at radius 2 is 1.62 bits per heavy atom. The highest BCUT2D eigenvalue weighted by molar-refractivity contribution is 8.01. The number of ether oxygens (including phenoxy) is 1. The first-order chi connectivity index (χ1) is 11.7. The number of nitrogens with zero attached hydrogens (tertiary/aromatic N) is 1. The van der Waals surface area contributed by atoms with Gasteiger partial charge in [-0.25, -0.2) is 0 Å². The zero-order valence-corrected chi connectivity index (χ0v) is 13.9. The third-order valence-electron chi connectivity index (χ3n) is 3.96. The summed E-state index contributed by atoms with van der Waals surface area (Å²) in [6.07, 6.45) is 0. The second-order valence-electron chi connectivity index (χ2n) is 5.71. The van der Waals surface area contributed by atoms with E-state index in [1.165, 1.54) is 11.8 Å². The molecule has 0 unspecified atom stereocenters. The Hall–Kier alpha value is -2.59. The van der Waals surface area contributed by atoms with Gasteiger partial charge in [-0.2, -0.15) is 4.99 Å². The summed E-state index contributed by atoms with van der Waals surface area (Å²) in [5.74, 6) is 0.127. The molecule has 0 aromatic heterocycles. The van der Waals surface area contributed by atoms with E-state index in [4.69, 9.17) is 4.74 Å². The summed E-state index contributed by atoms with van der Waals surface area (Å²) in [4.78, 5) is 16.6. The summed E-state index contributed by atoms with van der Waals surface area (Å²) in [6, 6.07) is 23.7. The summed E-state index contributed by atoms with van der Waals surface area (Å²) in [5.41, 5.74) is 0.846. The second kappa shape index (κ2) is 5.80.